The van der Waals surface area contributed by atoms with Crippen molar-refractivity contribution in [2.75, 3.05) is 25.4 Å². The molecule has 32 heavy (non-hydrogen) atoms. The van der Waals surface area contributed by atoms with Crippen LogP contribution in [0.2, 0.25) is 0 Å². The maximum Gasteiger partial charge on any atom is 0.246 e. The fraction of sp³-hybridized carbons (Fsp3) is 0.320. The highest BCUT2D eigenvalue weighted by Crippen LogP contribution is 2.09. The minimum Gasteiger partial charge on any atom is -0.399 e. The molecule has 0 radical (unpaired) electrons. The monoisotopic (exact) mass is 438 g/mol. The summed E-state index contributed by atoms with van der Waals surface area (Å²) in [5, 5.41) is 8.34. The average Bonchev–Trinajstić information content (AvgIpc) is 2.81. The number of anilines is 1. The summed E-state index contributed by atoms with van der Waals surface area (Å²) in [6.07, 6.45) is 3.04. The molecule has 0 aliphatic carbocycles. The summed E-state index contributed by atoms with van der Waals surface area (Å²) in [5.41, 5.74) is 8.48. The van der Waals surface area contributed by atoms with Crippen LogP contribution in [0.4, 0.5) is 10.1 Å². The molecule has 2 aromatic rings. The molecule has 0 aromatic heterocycles. The SMILES string of the molecule is C=CC(=O)N1CCN(C=O)C[C@H]1C.CCc1ccc(C)c(F)c1.N#Cc1ccc(N)cc1. The van der Waals surface area contributed by atoms with Gasteiger partial charge in [-0.15, -0.1) is 0 Å². The van der Waals surface area contributed by atoms with E-state index in [1.54, 1.807) is 47.1 Å². The second-order valence-corrected chi connectivity index (χ2v) is 7.36. The number of amides is 2. The van der Waals surface area contributed by atoms with Crippen molar-refractivity contribution in [2.45, 2.75) is 33.2 Å². The van der Waals surface area contributed by atoms with E-state index in [4.69, 9.17) is 11.0 Å². The summed E-state index contributed by atoms with van der Waals surface area (Å²) < 4.78 is 12.8. The molecular formula is C25H31FN4O2. The van der Waals surface area contributed by atoms with Gasteiger partial charge in [0, 0.05) is 31.4 Å². The maximum absolute atomic E-state index is 12.8. The summed E-state index contributed by atoms with van der Waals surface area (Å²) >= 11 is 0. The first-order chi connectivity index (χ1) is 15.2. The van der Waals surface area contributed by atoms with Gasteiger partial charge in [-0.2, -0.15) is 5.26 Å². The van der Waals surface area contributed by atoms with Crippen LogP contribution in [-0.4, -0.2) is 47.8 Å². The van der Waals surface area contributed by atoms with E-state index in [0.29, 0.717) is 30.9 Å². The van der Waals surface area contributed by atoms with Crippen molar-refractivity contribution in [3.63, 3.8) is 0 Å². The van der Waals surface area contributed by atoms with Crippen LogP contribution in [-0.2, 0) is 16.0 Å². The number of halogens is 1. The average molecular weight is 439 g/mol. The van der Waals surface area contributed by atoms with Gasteiger partial charge in [-0.25, -0.2) is 4.39 Å². The number of nitrogens with two attached hydrogens (primary N) is 1. The molecule has 1 heterocycles. The molecular weight excluding hydrogens is 407 g/mol. The van der Waals surface area contributed by atoms with Crippen LogP contribution in [0.25, 0.3) is 0 Å². The van der Waals surface area contributed by atoms with Crippen molar-refractivity contribution in [1.29, 1.82) is 5.26 Å². The number of hydrogen-bond acceptors (Lipinski definition) is 4. The third-order valence-electron chi connectivity index (χ3n) is 4.95. The highest BCUT2D eigenvalue weighted by atomic mass is 19.1. The molecule has 1 aliphatic heterocycles. The molecule has 2 N–H and O–H groups in total. The normalized spacial score (nSPS) is 14.7. The number of nitrogens with zero attached hydrogens (tertiary/aromatic N) is 3. The van der Waals surface area contributed by atoms with Crippen LogP contribution in [0.3, 0.4) is 0 Å². The predicted molar refractivity (Wildman–Crippen MR) is 125 cm³/mol. The molecule has 1 atom stereocenters. The highest BCUT2D eigenvalue weighted by molar-refractivity contribution is 5.87. The van der Waals surface area contributed by atoms with Crippen LogP contribution in [0, 0.1) is 24.1 Å². The molecule has 1 saturated heterocycles. The van der Waals surface area contributed by atoms with Crippen LogP contribution >= 0.6 is 0 Å². The van der Waals surface area contributed by atoms with E-state index in [2.05, 4.69) is 6.58 Å². The van der Waals surface area contributed by atoms with Gasteiger partial charge in [0.05, 0.1) is 11.6 Å². The number of carbonyl (C=O) groups is 2. The van der Waals surface area contributed by atoms with E-state index < -0.39 is 0 Å². The third kappa shape index (κ3) is 8.60. The number of piperazine rings is 1. The Morgan fingerprint density at radius 2 is 1.94 bits per heavy atom. The molecule has 6 nitrogen and oxygen atoms in total. The summed E-state index contributed by atoms with van der Waals surface area (Å²) in [7, 11) is 0. The van der Waals surface area contributed by atoms with E-state index in [1.807, 2.05) is 32.0 Å². The zero-order valence-corrected chi connectivity index (χ0v) is 18.9. The van der Waals surface area contributed by atoms with E-state index in [-0.39, 0.29) is 17.8 Å². The highest BCUT2D eigenvalue weighted by Gasteiger charge is 2.24. The quantitative estimate of drug-likeness (QED) is 0.449. The lowest BCUT2D eigenvalue weighted by atomic mass is 10.1. The van der Waals surface area contributed by atoms with Crippen molar-refractivity contribution >= 4 is 18.0 Å². The molecule has 3 rings (SSSR count). The molecule has 2 aromatic carbocycles. The van der Waals surface area contributed by atoms with Gasteiger partial charge >= 0.3 is 0 Å². The van der Waals surface area contributed by atoms with Crippen molar-refractivity contribution in [2.24, 2.45) is 0 Å². The minimum atomic E-state index is -0.0978. The van der Waals surface area contributed by atoms with Crippen molar-refractivity contribution in [1.82, 2.24) is 9.80 Å². The Kier molecular flexibility index (Phi) is 11.2. The zero-order valence-electron chi connectivity index (χ0n) is 18.9. The molecule has 7 heteroatoms. The maximum atomic E-state index is 12.8. The van der Waals surface area contributed by atoms with Crippen LogP contribution in [0.5, 0.6) is 0 Å². The second-order valence-electron chi connectivity index (χ2n) is 7.36. The largest absolute Gasteiger partial charge is 0.399 e. The summed E-state index contributed by atoms with van der Waals surface area (Å²) in [6, 6.07) is 14.2. The van der Waals surface area contributed by atoms with Crippen molar-refractivity contribution in [3.8, 4) is 6.07 Å². The fourth-order valence-electron chi connectivity index (χ4n) is 2.94. The van der Waals surface area contributed by atoms with Gasteiger partial charge in [-0.1, -0.05) is 25.6 Å². The molecule has 0 bridgehead atoms. The molecule has 0 saturated carbocycles. The Bertz CT molecular complexity index is 938. The van der Waals surface area contributed by atoms with Gasteiger partial charge in [0.25, 0.3) is 0 Å². The van der Waals surface area contributed by atoms with E-state index in [1.165, 1.54) is 6.08 Å². The number of nitriles is 1. The lowest BCUT2D eigenvalue weighted by Gasteiger charge is -2.37. The summed E-state index contributed by atoms with van der Waals surface area (Å²) in [4.78, 5) is 25.1. The standard InChI is InChI=1S/C9H11F.C9H14N2O2.C7H6N2/c1-3-8-5-4-7(2)9(10)6-8;1-3-9(13)11-5-4-10(7-12)6-8(11)2;8-5-6-1-3-7(9)4-2-6/h4-6H,3H2,1-2H3;3,7-8H,1,4-6H2,2H3;1-4H,9H2/t;8-;/m.1./s1. The molecule has 1 aliphatic rings. The molecule has 2 amide bonds. The number of carbonyl (C=O) groups excluding carboxylic acids is 2. The molecule has 0 spiro atoms. The number of rotatable bonds is 3. The number of nitrogen functional groups attached to an aromatic ring is 1. The van der Waals surface area contributed by atoms with E-state index in [0.717, 1.165) is 24.0 Å². The molecule has 0 unspecified atom stereocenters. The lowest BCUT2D eigenvalue weighted by molar-refractivity contribution is -0.133. The molecule has 170 valence electrons. The first-order valence-corrected chi connectivity index (χ1v) is 10.4. The van der Waals surface area contributed by atoms with E-state index >= 15 is 0 Å². The van der Waals surface area contributed by atoms with Gasteiger partial charge < -0.3 is 15.5 Å². The second kappa shape index (κ2) is 13.6. The minimum absolute atomic E-state index is 0.0574. The van der Waals surface area contributed by atoms with Gasteiger partial charge in [-0.3, -0.25) is 9.59 Å². The number of aryl methyl sites for hydroxylation is 2. The van der Waals surface area contributed by atoms with Crippen molar-refractivity contribution in [3.05, 3.63) is 77.6 Å². The summed E-state index contributed by atoms with van der Waals surface area (Å²) in [6.45, 7) is 11.0. The van der Waals surface area contributed by atoms with Crippen molar-refractivity contribution < 1.29 is 14.0 Å². The van der Waals surface area contributed by atoms with Gasteiger partial charge in [0.2, 0.25) is 12.3 Å². The van der Waals surface area contributed by atoms with Crippen LogP contribution in [0.1, 0.15) is 30.5 Å². The zero-order chi connectivity index (χ0) is 24.1. The first-order valence-electron chi connectivity index (χ1n) is 10.4. The Labute approximate surface area is 189 Å². The van der Waals surface area contributed by atoms with Gasteiger partial charge in [0.1, 0.15) is 5.82 Å². The topological polar surface area (TPSA) is 90.4 Å². The van der Waals surface area contributed by atoms with Crippen LogP contribution < -0.4 is 5.73 Å². The van der Waals surface area contributed by atoms with Crippen LogP contribution in [0.15, 0.2) is 55.1 Å². The predicted octanol–water partition coefficient (Wildman–Crippen LogP) is 3.70. The fourth-order valence-corrected chi connectivity index (χ4v) is 2.94. The lowest BCUT2D eigenvalue weighted by Crippen LogP contribution is -2.53. The molecule has 1 fully saturated rings. The number of benzene rings is 2. The number of hydrogen-bond donors (Lipinski definition) is 1. The Hall–Kier alpha value is -3.66. The third-order valence-corrected chi connectivity index (χ3v) is 4.95. The summed E-state index contributed by atoms with van der Waals surface area (Å²) in [5.74, 6) is -0.155. The van der Waals surface area contributed by atoms with Gasteiger partial charge in [-0.05, 0) is 67.8 Å². The first kappa shape index (κ1) is 26.4. The van der Waals surface area contributed by atoms with E-state index in [9.17, 15) is 14.0 Å². The Morgan fingerprint density at radius 3 is 2.41 bits per heavy atom. The van der Waals surface area contributed by atoms with Gasteiger partial charge in [0.15, 0.2) is 0 Å². The Balaban J connectivity index is 0.000000245. The smallest absolute Gasteiger partial charge is 0.246 e. The Morgan fingerprint density at radius 1 is 1.28 bits per heavy atom.